The average molecular weight is 616 g/mol. The lowest BCUT2D eigenvalue weighted by atomic mass is 9.60. The van der Waals surface area contributed by atoms with Gasteiger partial charge in [-0.2, -0.15) is 0 Å². The van der Waals surface area contributed by atoms with Crippen molar-refractivity contribution in [3.63, 3.8) is 0 Å². The van der Waals surface area contributed by atoms with E-state index < -0.39 is 11.5 Å². The Hall–Kier alpha value is -2.20. The maximum Gasteiger partial charge on any atom is 0.0975 e. The maximum absolute atomic E-state index is 12.6. The normalized spacial score (nSPS) is 17.3. The van der Waals surface area contributed by atoms with Gasteiger partial charge in [-0.05, 0) is 90.7 Å². The molecule has 2 aliphatic carbocycles. The summed E-state index contributed by atoms with van der Waals surface area (Å²) in [6.07, 6.45) is -0.743. The van der Waals surface area contributed by atoms with Gasteiger partial charge < -0.3 is 5.11 Å². The van der Waals surface area contributed by atoms with Gasteiger partial charge in [0, 0.05) is 8.95 Å². The van der Waals surface area contributed by atoms with Crippen LogP contribution in [0, 0.1) is 0 Å². The van der Waals surface area contributed by atoms with Crippen LogP contribution in [0.15, 0.2) is 81.7 Å². The predicted molar refractivity (Wildman–Crippen MR) is 161 cm³/mol. The Kier molecular flexibility index (Phi) is 5.53. The summed E-state index contributed by atoms with van der Waals surface area (Å²) < 4.78 is 2.00. The van der Waals surface area contributed by atoms with Crippen LogP contribution in [0.5, 0.6) is 0 Å². The standard InChI is InChI=1S/C34H32Br2O/c1-32(2,3)19-7-11-25-26-12-8-20(33(4,5)6)16-29(26)34(28(25)15-19)30-18-22(36)10-14-24(30)23-13-9-21(35)17-27(23)31(34)37/h7-18,31,37H,1-6H3. The molecule has 0 saturated heterocycles. The number of rotatable bonds is 0. The van der Waals surface area contributed by atoms with Crippen LogP contribution in [0.2, 0.25) is 0 Å². The van der Waals surface area contributed by atoms with E-state index in [4.69, 9.17) is 0 Å². The summed E-state index contributed by atoms with van der Waals surface area (Å²) in [4.78, 5) is 0. The first-order chi connectivity index (χ1) is 17.3. The molecular weight excluding hydrogens is 584 g/mol. The van der Waals surface area contributed by atoms with Gasteiger partial charge in [-0.3, -0.25) is 0 Å². The fraction of sp³-hybridized carbons (Fsp3) is 0.294. The highest BCUT2D eigenvalue weighted by Crippen LogP contribution is 2.64. The number of halogens is 2. The molecule has 0 saturated carbocycles. The molecular formula is C34H32Br2O. The summed E-state index contributed by atoms with van der Waals surface area (Å²) >= 11 is 7.46. The van der Waals surface area contributed by atoms with Gasteiger partial charge >= 0.3 is 0 Å². The van der Waals surface area contributed by atoms with Crippen molar-refractivity contribution in [3.8, 4) is 22.3 Å². The number of benzene rings is 4. The number of fused-ring (bicyclic) bond motifs is 9. The van der Waals surface area contributed by atoms with Gasteiger partial charge in [-0.15, -0.1) is 0 Å². The van der Waals surface area contributed by atoms with Crippen LogP contribution >= 0.6 is 31.9 Å². The van der Waals surface area contributed by atoms with Crippen LogP contribution in [0.3, 0.4) is 0 Å². The lowest BCUT2D eigenvalue weighted by Gasteiger charge is -2.44. The first-order valence-electron chi connectivity index (χ1n) is 12.9. The van der Waals surface area contributed by atoms with Crippen LogP contribution in [0.1, 0.15) is 81.0 Å². The highest BCUT2D eigenvalue weighted by molar-refractivity contribution is 9.10. The van der Waals surface area contributed by atoms with Crippen molar-refractivity contribution < 1.29 is 5.11 Å². The fourth-order valence-electron chi connectivity index (χ4n) is 6.34. The molecule has 0 radical (unpaired) electrons. The van der Waals surface area contributed by atoms with E-state index in [1.165, 1.54) is 38.9 Å². The van der Waals surface area contributed by atoms with Crippen molar-refractivity contribution in [2.45, 2.75) is 63.9 Å². The molecule has 0 amide bonds. The van der Waals surface area contributed by atoms with Crippen molar-refractivity contribution in [2.75, 3.05) is 0 Å². The Morgan fingerprint density at radius 3 is 1.49 bits per heavy atom. The molecule has 1 spiro atoms. The molecule has 1 atom stereocenters. The molecule has 37 heavy (non-hydrogen) atoms. The topological polar surface area (TPSA) is 20.2 Å². The zero-order valence-electron chi connectivity index (χ0n) is 22.2. The predicted octanol–water partition coefficient (Wildman–Crippen LogP) is 9.84. The fourth-order valence-corrected chi connectivity index (χ4v) is 7.08. The third-order valence-electron chi connectivity index (χ3n) is 8.33. The van der Waals surface area contributed by atoms with Crippen molar-refractivity contribution in [1.82, 2.24) is 0 Å². The van der Waals surface area contributed by atoms with Crippen LogP contribution in [0.4, 0.5) is 0 Å². The number of aliphatic hydroxyl groups excluding tert-OH is 1. The molecule has 0 bridgehead atoms. The van der Waals surface area contributed by atoms with E-state index in [9.17, 15) is 5.11 Å². The maximum atomic E-state index is 12.6. The van der Waals surface area contributed by atoms with Crippen molar-refractivity contribution >= 4 is 31.9 Å². The minimum absolute atomic E-state index is 0.0117. The number of aliphatic hydroxyl groups is 1. The van der Waals surface area contributed by atoms with E-state index in [1.54, 1.807) is 0 Å². The minimum Gasteiger partial charge on any atom is -0.387 e. The largest absolute Gasteiger partial charge is 0.387 e. The summed E-state index contributed by atoms with van der Waals surface area (Å²) in [7, 11) is 0. The van der Waals surface area contributed by atoms with Crippen LogP contribution in [0.25, 0.3) is 22.3 Å². The van der Waals surface area contributed by atoms with Crippen molar-refractivity contribution in [1.29, 1.82) is 0 Å². The Labute approximate surface area is 237 Å². The van der Waals surface area contributed by atoms with E-state index in [2.05, 4.69) is 146 Å². The lowest BCUT2D eigenvalue weighted by molar-refractivity contribution is 0.123. The number of hydrogen-bond donors (Lipinski definition) is 1. The molecule has 0 heterocycles. The molecule has 1 nitrogen and oxygen atoms in total. The molecule has 0 fully saturated rings. The van der Waals surface area contributed by atoms with Gasteiger partial charge in [-0.25, -0.2) is 0 Å². The van der Waals surface area contributed by atoms with Crippen LogP contribution in [-0.2, 0) is 16.2 Å². The molecule has 3 heteroatoms. The van der Waals surface area contributed by atoms with E-state index in [1.807, 2.05) is 0 Å². The quantitative estimate of drug-likeness (QED) is 0.209. The molecule has 188 valence electrons. The van der Waals surface area contributed by atoms with Gasteiger partial charge in [0.2, 0.25) is 0 Å². The van der Waals surface area contributed by atoms with E-state index in [-0.39, 0.29) is 10.8 Å². The second-order valence-corrected chi connectivity index (χ2v) is 14.5. The second-order valence-electron chi connectivity index (χ2n) is 12.7. The summed E-state index contributed by atoms with van der Waals surface area (Å²) in [5.74, 6) is 0. The monoisotopic (exact) mass is 614 g/mol. The van der Waals surface area contributed by atoms with Crippen molar-refractivity contribution in [2.24, 2.45) is 0 Å². The molecule has 4 aromatic rings. The van der Waals surface area contributed by atoms with E-state index >= 15 is 0 Å². The molecule has 6 rings (SSSR count). The highest BCUT2D eigenvalue weighted by atomic mass is 79.9. The minimum atomic E-state index is -0.743. The summed E-state index contributed by atoms with van der Waals surface area (Å²) in [6, 6.07) is 26.7. The van der Waals surface area contributed by atoms with Gasteiger partial charge in [0.1, 0.15) is 0 Å². The Morgan fingerprint density at radius 2 is 0.973 bits per heavy atom. The van der Waals surface area contributed by atoms with Gasteiger partial charge in [0.15, 0.2) is 0 Å². The van der Waals surface area contributed by atoms with Gasteiger partial charge in [0.05, 0.1) is 11.5 Å². The highest BCUT2D eigenvalue weighted by Gasteiger charge is 2.54. The van der Waals surface area contributed by atoms with Crippen LogP contribution in [-0.4, -0.2) is 5.11 Å². The molecule has 0 aromatic heterocycles. The number of hydrogen-bond acceptors (Lipinski definition) is 1. The second kappa shape index (κ2) is 8.15. The summed E-state index contributed by atoms with van der Waals surface area (Å²) in [5.41, 5.74) is 11.0. The average Bonchev–Trinajstić information content (AvgIpc) is 3.11. The molecule has 2 aliphatic rings. The summed E-state index contributed by atoms with van der Waals surface area (Å²) in [5, 5.41) is 12.6. The Bertz CT molecular complexity index is 1520. The smallest absolute Gasteiger partial charge is 0.0975 e. The zero-order chi connectivity index (χ0) is 26.5. The lowest BCUT2D eigenvalue weighted by Crippen LogP contribution is -2.38. The SMILES string of the molecule is CC(C)(C)c1ccc2c(c1)C1(c3cc(Br)ccc3-c3ccc(Br)cc3C1O)c1cc(C(C)(C)C)ccc1-2. The van der Waals surface area contributed by atoms with Gasteiger partial charge in [0.25, 0.3) is 0 Å². The third-order valence-corrected chi connectivity index (χ3v) is 9.31. The van der Waals surface area contributed by atoms with Gasteiger partial charge in [-0.1, -0.05) is 122 Å². The molecule has 1 unspecified atom stereocenters. The van der Waals surface area contributed by atoms with Crippen molar-refractivity contribution in [3.05, 3.63) is 115 Å². The Balaban J connectivity index is 1.81. The van der Waals surface area contributed by atoms with E-state index in [0.717, 1.165) is 25.6 Å². The third kappa shape index (κ3) is 3.57. The van der Waals surface area contributed by atoms with Crippen LogP contribution < -0.4 is 0 Å². The van der Waals surface area contributed by atoms with E-state index in [0.29, 0.717) is 0 Å². The molecule has 4 aromatic carbocycles. The first kappa shape index (κ1) is 25.1. The molecule has 0 aliphatic heterocycles. The summed E-state index contributed by atoms with van der Waals surface area (Å²) in [6.45, 7) is 13.6. The first-order valence-corrected chi connectivity index (χ1v) is 14.5. The molecule has 1 N–H and O–H groups in total. The zero-order valence-corrected chi connectivity index (χ0v) is 25.4. The Morgan fingerprint density at radius 1 is 0.568 bits per heavy atom.